The summed E-state index contributed by atoms with van der Waals surface area (Å²) in [5.74, 6) is 4.98. The van der Waals surface area contributed by atoms with Crippen molar-refractivity contribution >= 4 is 5.91 Å². The van der Waals surface area contributed by atoms with E-state index < -0.39 is 0 Å². The molecular weight excluding hydrogens is 262 g/mol. The van der Waals surface area contributed by atoms with Crippen molar-refractivity contribution in [1.29, 1.82) is 0 Å². The summed E-state index contributed by atoms with van der Waals surface area (Å²) < 4.78 is 0. The molecule has 0 saturated carbocycles. The van der Waals surface area contributed by atoms with Gasteiger partial charge in [0.2, 0.25) is 0 Å². The van der Waals surface area contributed by atoms with Crippen molar-refractivity contribution in [3.8, 4) is 0 Å². The molecule has 4 heteroatoms. The second-order valence-corrected chi connectivity index (χ2v) is 5.29. The molecule has 0 atom stereocenters. The summed E-state index contributed by atoms with van der Waals surface area (Å²) in [6.07, 6.45) is 0. The number of nitrogen functional groups attached to an aromatic ring is 1. The Kier molecular flexibility index (Phi) is 5.09. The Hall–Kier alpha value is -2.17. The van der Waals surface area contributed by atoms with Crippen molar-refractivity contribution in [2.24, 2.45) is 5.84 Å². The maximum Gasteiger partial charge on any atom is 0.265 e. The minimum atomic E-state index is -0.255. The zero-order valence-corrected chi connectivity index (χ0v) is 12.5. The third-order valence-corrected chi connectivity index (χ3v) is 3.37. The van der Waals surface area contributed by atoms with E-state index in [1.807, 2.05) is 25.2 Å². The maximum absolute atomic E-state index is 11.8. The number of carbonyl (C=O) groups excluding carboxylic acids is 1. The molecule has 0 fully saturated rings. The molecule has 0 aromatic heterocycles. The summed E-state index contributed by atoms with van der Waals surface area (Å²) in [5.41, 5.74) is 6.30. The number of nitrogens with one attached hydrogen (secondary N) is 1. The van der Waals surface area contributed by atoms with Crippen LogP contribution in [0.3, 0.4) is 0 Å². The Morgan fingerprint density at radius 2 is 1.90 bits per heavy atom. The molecule has 0 bridgehead atoms. The van der Waals surface area contributed by atoms with E-state index in [0.717, 1.165) is 12.1 Å². The molecule has 0 aliphatic carbocycles. The summed E-state index contributed by atoms with van der Waals surface area (Å²) in [7, 11) is 2.04. The van der Waals surface area contributed by atoms with Crippen LogP contribution in [0.4, 0.5) is 0 Å². The highest BCUT2D eigenvalue weighted by Gasteiger charge is 2.11. The van der Waals surface area contributed by atoms with Gasteiger partial charge in [0.15, 0.2) is 0 Å². The zero-order valence-electron chi connectivity index (χ0n) is 12.5. The number of hydrogen-bond donors (Lipinski definition) is 2. The molecule has 0 saturated heterocycles. The molecule has 2 aromatic carbocycles. The Labute approximate surface area is 125 Å². The van der Waals surface area contributed by atoms with Crippen molar-refractivity contribution in [1.82, 2.24) is 10.3 Å². The second-order valence-electron chi connectivity index (χ2n) is 5.29. The number of rotatable bonds is 5. The number of carbonyl (C=O) groups is 1. The largest absolute Gasteiger partial charge is 0.298 e. The van der Waals surface area contributed by atoms with Crippen LogP contribution in [0.2, 0.25) is 0 Å². The fourth-order valence-corrected chi connectivity index (χ4v) is 2.43. The van der Waals surface area contributed by atoms with Gasteiger partial charge in [-0.05, 0) is 31.2 Å². The fourth-order valence-electron chi connectivity index (χ4n) is 2.43. The van der Waals surface area contributed by atoms with E-state index in [-0.39, 0.29) is 5.91 Å². The van der Waals surface area contributed by atoms with Gasteiger partial charge in [0.25, 0.3) is 5.91 Å². The van der Waals surface area contributed by atoms with Crippen LogP contribution in [0.1, 0.15) is 27.0 Å². The lowest BCUT2D eigenvalue weighted by Crippen LogP contribution is -2.31. The first-order chi connectivity index (χ1) is 10.1. The van der Waals surface area contributed by atoms with Gasteiger partial charge in [-0.3, -0.25) is 15.1 Å². The molecule has 110 valence electrons. The van der Waals surface area contributed by atoms with E-state index >= 15 is 0 Å². The molecule has 2 aromatic rings. The molecular formula is C17H21N3O. The first kappa shape index (κ1) is 15.2. The SMILES string of the molecule is Cc1cccc(CN(C)Cc2ccccc2C(=O)NN)c1. The van der Waals surface area contributed by atoms with Crippen molar-refractivity contribution < 1.29 is 4.79 Å². The fraction of sp³-hybridized carbons (Fsp3) is 0.235. The molecule has 0 aliphatic rings. The lowest BCUT2D eigenvalue weighted by atomic mass is 10.1. The molecule has 1 amide bonds. The molecule has 0 spiro atoms. The third kappa shape index (κ3) is 4.15. The summed E-state index contributed by atoms with van der Waals surface area (Å²) >= 11 is 0. The molecule has 0 heterocycles. The van der Waals surface area contributed by atoms with Gasteiger partial charge in [-0.1, -0.05) is 48.0 Å². The second kappa shape index (κ2) is 7.02. The van der Waals surface area contributed by atoms with Crippen molar-refractivity contribution in [2.75, 3.05) is 7.05 Å². The van der Waals surface area contributed by atoms with Crippen LogP contribution in [-0.2, 0) is 13.1 Å². The van der Waals surface area contributed by atoms with Gasteiger partial charge in [0.1, 0.15) is 0 Å². The molecule has 0 unspecified atom stereocenters. The Bertz CT molecular complexity index is 625. The predicted octanol–water partition coefficient (Wildman–Crippen LogP) is 2.23. The van der Waals surface area contributed by atoms with E-state index in [2.05, 4.69) is 41.5 Å². The lowest BCUT2D eigenvalue weighted by molar-refractivity contribution is 0.0952. The number of aryl methyl sites for hydroxylation is 1. The molecule has 0 aliphatic heterocycles. The van der Waals surface area contributed by atoms with Gasteiger partial charge >= 0.3 is 0 Å². The van der Waals surface area contributed by atoms with Crippen LogP contribution in [0.15, 0.2) is 48.5 Å². The number of amides is 1. The minimum Gasteiger partial charge on any atom is -0.298 e. The average Bonchev–Trinajstić information content (AvgIpc) is 2.47. The monoisotopic (exact) mass is 283 g/mol. The first-order valence-corrected chi connectivity index (χ1v) is 6.93. The number of hydrazine groups is 1. The van der Waals surface area contributed by atoms with E-state index in [1.165, 1.54) is 11.1 Å². The molecule has 2 rings (SSSR count). The molecule has 0 radical (unpaired) electrons. The van der Waals surface area contributed by atoms with Crippen LogP contribution >= 0.6 is 0 Å². The highest BCUT2D eigenvalue weighted by Crippen LogP contribution is 2.13. The summed E-state index contributed by atoms with van der Waals surface area (Å²) in [4.78, 5) is 13.9. The Balaban J connectivity index is 2.09. The van der Waals surface area contributed by atoms with E-state index in [1.54, 1.807) is 6.07 Å². The smallest absolute Gasteiger partial charge is 0.265 e. The van der Waals surface area contributed by atoms with Gasteiger partial charge in [-0.2, -0.15) is 0 Å². The quantitative estimate of drug-likeness (QED) is 0.502. The topological polar surface area (TPSA) is 58.4 Å². The van der Waals surface area contributed by atoms with Crippen molar-refractivity contribution in [2.45, 2.75) is 20.0 Å². The summed E-state index contributed by atoms with van der Waals surface area (Å²) in [5, 5.41) is 0. The van der Waals surface area contributed by atoms with Crippen molar-refractivity contribution in [3.05, 3.63) is 70.8 Å². The van der Waals surface area contributed by atoms with Gasteiger partial charge in [-0.25, -0.2) is 5.84 Å². The maximum atomic E-state index is 11.8. The zero-order chi connectivity index (χ0) is 15.2. The highest BCUT2D eigenvalue weighted by atomic mass is 16.2. The van der Waals surface area contributed by atoms with Crippen molar-refractivity contribution in [3.63, 3.8) is 0 Å². The van der Waals surface area contributed by atoms with E-state index in [4.69, 9.17) is 5.84 Å². The van der Waals surface area contributed by atoms with Crippen LogP contribution < -0.4 is 11.3 Å². The number of hydrogen-bond acceptors (Lipinski definition) is 3. The number of benzene rings is 2. The summed E-state index contributed by atoms with van der Waals surface area (Å²) in [6, 6.07) is 16.0. The molecule has 3 N–H and O–H groups in total. The standard InChI is InChI=1S/C17H21N3O/c1-13-6-5-7-14(10-13)11-20(2)12-15-8-3-4-9-16(15)17(21)19-18/h3-10H,11-12,18H2,1-2H3,(H,19,21). The van der Waals surface area contributed by atoms with Gasteiger partial charge in [-0.15, -0.1) is 0 Å². The molecule has 21 heavy (non-hydrogen) atoms. The van der Waals surface area contributed by atoms with Crippen LogP contribution in [-0.4, -0.2) is 17.9 Å². The normalized spacial score (nSPS) is 10.7. The molecule has 4 nitrogen and oxygen atoms in total. The first-order valence-electron chi connectivity index (χ1n) is 6.93. The predicted molar refractivity (Wildman–Crippen MR) is 84.4 cm³/mol. The third-order valence-electron chi connectivity index (χ3n) is 3.37. The summed E-state index contributed by atoms with van der Waals surface area (Å²) in [6.45, 7) is 3.61. The van der Waals surface area contributed by atoms with Gasteiger partial charge in [0, 0.05) is 18.7 Å². The number of nitrogens with zero attached hydrogens (tertiary/aromatic N) is 1. The van der Waals surface area contributed by atoms with Gasteiger partial charge < -0.3 is 0 Å². The lowest BCUT2D eigenvalue weighted by Gasteiger charge is -2.18. The average molecular weight is 283 g/mol. The highest BCUT2D eigenvalue weighted by molar-refractivity contribution is 5.95. The van der Waals surface area contributed by atoms with Crippen LogP contribution in [0.25, 0.3) is 0 Å². The Morgan fingerprint density at radius 3 is 2.62 bits per heavy atom. The van der Waals surface area contributed by atoms with E-state index in [9.17, 15) is 4.79 Å². The Morgan fingerprint density at radius 1 is 1.14 bits per heavy atom. The van der Waals surface area contributed by atoms with Crippen LogP contribution in [0, 0.1) is 6.92 Å². The van der Waals surface area contributed by atoms with Crippen LogP contribution in [0.5, 0.6) is 0 Å². The van der Waals surface area contributed by atoms with Gasteiger partial charge in [0.05, 0.1) is 0 Å². The minimum absolute atomic E-state index is 0.255. The van der Waals surface area contributed by atoms with E-state index in [0.29, 0.717) is 12.1 Å². The number of nitrogens with two attached hydrogens (primary N) is 1.